The molecule has 3 amide bonds. The number of thiophene rings is 1. The molecule has 0 unspecified atom stereocenters. The fraction of sp³-hybridized carbons (Fsp3) is 0.538. The molecule has 1 aromatic heterocycles. The maximum atomic E-state index is 13.6. The number of carbonyl (C=O) groups excluding carboxylic acids is 2. The Labute approximate surface area is 206 Å². The molecule has 1 N–H and O–H groups in total. The fourth-order valence-corrected chi connectivity index (χ4v) is 5.54. The Kier molecular flexibility index (Phi) is 8.45. The van der Waals surface area contributed by atoms with Gasteiger partial charge in [0.15, 0.2) is 0 Å². The summed E-state index contributed by atoms with van der Waals surface area (Å²) < 4.78 is 11.9. The van der Waals surface area contributed by atoms with Gasteiger partial charge < -0.3 is 24.6 Å². The number of benzene rings is 1. The lowest BCUT2D eigenvalue weighted by Crippen LogP contribution is -2.51. The van der Waals surface area contributed by atoms with Crippen molar-refractivity contribution in [3.63, 3.8) is 0 Å². The first-order chi connectivity index (χ1) is 16.6. The van der Waals surface area contributed by atoms with Gasteiger partial charge in [-0.1, -0.05) is 25.1 Å². The molecule has 4 rings (SSSR count). The first kappa shape index (κ1) is 24.5. The van der Waals surface area contributed by atoms with E-state index in [4.69, 9.17) is 9.47 Å². The zero-order valence-electron chi connectivity index (χ0n) is 20.1. The lowest BCUT2D eigenvalue weighted by molar-refractivity contribution is -0.135. The van der Waals surface area contributed by atoms with Crippen LogP contribution in [0.4, 0.5) is 4.79 Å². The molecule has 2 aliphatic heterocycles. The second-order valence-corrected chi connectivity index (χ2v) is 9.98. The first-order valence-electron chi connectivity index (χ1n) is 12.2. The molecule has 3 heterocycles. The van der Waals surface area contributed by atoms with E-state index < -0.39 is 0 Å². The van der Waals surface area contributed by atoms with E-state index in [2.05, 4.69) is 16.8 Å². The number of ether oxygens (including phenoxy) is 2. The summed E-state index contributed by atoms with van der Waals surface area (Å²) in [5.41, 5.74) is 2.22. The number of hydrogen-bond donors (Lipinski definition) is 1. The molecule has 34 heavy (non-hydrogen) atoms. The topological polar surface area (TPSA) is 71.1 Å². The van der Waals surface area contributed by atoms with E-state index in [1.54, 1.807) is 16.2 Å². The zero-order chi connectivity index (χ0) is 23.9. The number of aryl methyl sites for hydroxylation is 1. The van der Waals surface area contributed by atoms with Crippen LogP contribution in [0.15, 0.2) is 35.7 Å². The Balaban J connectivity index is 1.48. The van der Waals surface area contributed by atoms with E-state index in [9.17, 15) is 9.59 Å². The summed E-state index contributed by atoms with van der Waals surface area (Å²) in [6.07, 6.45) is 3.58. The van der Waals surface area contributed by atoms with Gasteiger partial charge in [-0.25, -0.2) is 4.79 Å². The molecule has 184 valence electrons. The molecule has 0 aliphatic carbocycles. The highest BCUT2D eigenvalue weighted by Gasteiger charge is 2.34. The average molecular weight is 486 g/mol. The number of para-hydroxylation sites is 1. The minimum atomic E-state index is -0.202. The Morgan fingerprint density at radius 1 is 1.29 bits per heavy atom. The fourth-order valence-electron chi connectivity index (χ4n) is 4.61. The van der Waals surface area contributed by atoms with Crippen LogP contribution in [0.5, 0.6) is 5.75 Å². The summed E-state index contributed by atoms with van der Waals surface area (Å²) in [6.45, 7) is 6.82. The number of carbonyl (C=O) groups is 2. The third-order valence-electron chi connectivity index (χ3n) is 6.49. The second-order valence-electron chi connectivity index (χ2n) is 8.98. The molecular weight excluding hydrogens is 450 g/mol. The Morgan fingerprint density at radius 2 is 2.15 bits per heavy atom. The lowest BCUT2D eigenvalue weighted by Gasteiger charge is -2.37. The van der Waals surface area contributed by atoms with E-state index in [-0.39, 0.29) is 30.6 Å². The van der Waals surface area contributed by atoms with Crippen molar-refractivity contribution >= 4 is 23.3 Å². The molecular formula is C26H35N3O4S. The van der Waals surface area contributed by atoms with Gasteiger partial charge in [0.25, 0.3) is 0 Å². The summed E-state index contributed by atoms with van der Waals surface area (Å²) in [7, 11) is 0. The van der Waals surface area contributed by atoms with Crippen molar-refractivity contribution in [3.05, 3.63) is 51.7 Å². The van der Waals surface area contributed by atoms with Crippen LogP contribution < -0.4 is 10.1 Å². The quantitative estimate of drug-likeness (QED) is 0.579. The summed E-state index contributed by atoms with van der Waals surface area (Å²) in [5, 5.41) is 5.01. The smallest absolute Gasteiger partial charge is 0.317 e. The standard InChI is InChI=1S/C26H35N3O4S/c1-3-12-27-26(31)28(16-20-8-6-14-32-20)17-25(30)29-13-10-24-21(11-15-34-24)22(29)18-33-23-9-5-4-7-19(23)2/h4-5,7,9,11,15,20,22H,3,6,8,10,12-14,16-18H2,1-2H3,(H,27,31)/t20-,22+/m1/s1. The average Bonchev–Trinajstić information content (AvgIpc) is 3.53. The lowest BCUT2D eigenvalue weighted by atomic mass is 10.0. The van der Waals surface area contributed by atoms with Crippen LogP contribution in [0.3, 0.4) is 0 Å². The first-order valence-corrected chi connectivity index (χ1v) is 13.1. The van der Waals surface area contributed by atoms with Crippen molar-refractivity contribution in [3.8, 4) is 5.75 Å². The van der Waals surface area contributed by atoms with E-state index in [1.165, 1.54) is 4.88 Å². The van der Waals surface area contributed by atoms with Crippen molar-refractivity contribution in [1.82, 2.24) is 15.1 Å². The number of amides is 3. The molecule has 0 bridgehead atoms. The van der Waals surface area contributed by atoms with Crippen molar-refractivity contribution in [2.75, 3.05) is 39.4 Å². The van der Waals surface area contributed by atoms with Crippen molar-refractivity contribution in [2.45, 2.75) is 51.7 Å². The molecule has 0 saturated carbocycles. The van der Waals surface area contributed by atoms with Crippen LogP contribution in [0.25, 0.3) is 0 Å². The summed E-state index contributed by atoms with van der Waals surface area (Å²) >= 11 is 1.73. The maximum Gasteiger partial charge on any atom is 0.317 e. The maximum absolute atomic E-state index is 13.6. The number of nitrogens with zero attached hydrogens (tertiary/aromatic N) is 2. The van der Waals surface area contributed by atoms with Gasteiger partial charge in [0.2, 0.25) is 5.91 Å². The Morgan fingerprint density at radius 3 is 2.91 bits per heavy atom. The third-order valence-corrected chi connectivity index (χ3v) is 7.49. The molecule has 1 fully saturated rings. The number of rotatable bonds is 9. The third kappa shape index (κ3) is 5.91. The van der Waals surface area contributed by atoms with E-state index >= 15 is 0 Å². The second kappa shape index (κ2) is 11.7. The van der Waals surface area contributed by atoms with Gasteiger partial charge >= 0.3 is 6.03 Å². The summed E-state index contributed by atoms with van der Waals surface area (Å²) in [5.74, 6) is 0.774. The van der Waals surface area contributed by atoms with Crippen LogP contribution in [0, 0.1) is 6.92 Å². The summed E-state index contributed by atoms with van der Waals surface area (Å²) in [4.78, 5) is 31.3. The monoisotopic (exact) mass is 485 g/mol. The van der Waals surface area contributed by atoms with Gasteiger partial charge in [0, 0.05) is 31.1 Å². The number of urea groups is 1. The number of fused-ring (bicyclic) bond motifs is 1. The van der Waals surface area contributed by atoms with Gasteiger partial charge in [-0.05, 0) is 61.2 Å². The highest BCUT2D eigenvalue weighted by molar-refractivity contribution is 7.10. The van der Waals surface area contributed by atoms with Gasteiger partial charge in [-0.2, -0.15) is 0 Å². The van der Waals surface area contributed by atoms with Gasteiger partial charge in [0.05, 0.1) is 12.1 Å². The van der Waals surface area contributed by atoms with Crippen LogP contribution in [-0.2, 0) is 16.0 Å². The molecule has 2 atom stereocenters. The Bertz CT molecular complexity index is 972. The highest BCUT2D eigenvalue weighted by atomic mass is 32.1. The van der Waals surface area contributed by atoms with Gasteiger partial charge in [-0.3, -0.25) is 4.79 Å². The number of nitrogens with one attached hydrogen (secondary N) is 1. The van der Waals surface area contributed by atoms with E-state index in [1.807, 2.05) is 43.0 Å². The minimum absolute atomic E-state index is 0.00908. The predicted molar refractivity (Wildman–Crippen MR) is 133 cm³/mol. The van der Waals surface area contributed by atoms with Crippen LogP contribution in [-0.4, -0.2) is 67.2 Å². The molecule has 0 radical (unpaired) electrons. The molecule has 2 aliphatic rings. The highest BCUT2D eigenvalue weighted by Crippen LogP contribution is 2.34. The molecule has 8 heteroatoms. The summed E-state index contributed by atoms with van der Waals surface area (Å²) in [6, 6.07) is 9.65. The van der Waals surface area contributed by atoms with E-state index in [0.29, 0.717) is 32.8 Å². The van der Waals surface area contributed by atoms with Crippen LogP contribution in [0.1, 0.15) is 48.2 Å². The molecule has 7 nitrogen and oxygen atoms in total. The van der Waals surface area contributed by atoms with Crippen LogP contribution in [0.2, 0.25) is 0 Å². The predicted octanol–water partition coefficient (Wildman–Crippen LogP) is 4.16. The van der Waals surface area contributed by atoms with Crippen molar-refractivity contribution in [2.24, 2.45) is 0 Å². The normalized spacial score (nSPS) is 19.5. The Hall–Kier alpha value is -2.58. The van der Waals surface area contributed by atoms with E-state index in [0.717, 1.165) is 42.6 Å². The SMILES string of the molecule is CCCNC(=O)N(CC(=O)N1CCc2sccc2[C@@H]1COc1ccccc1C)C[C@H]1CCCO1. The largest absolute Gasteiger partial charge is 0.491 e. The number of hydrogen-bond acceptors (Lipinski definition) is 5. The van der Waals surface area contributed by atoms with Crippen molar-refractivity contribution in [1.29, 1.82) is 0 Å². The van der Waals surface area contributed by atoms with Crippen LogP contribution >= 0.6 is 11.3 Å². The molecule has 0 spiro atoms. The van der Waals surface area contributed by atoms with Gasteiger partial charge in [0.1, 0.15) is 18.9 Å². The zero-order valence-corrected chi connectivity index (χ0v) is 20.9. The molecule has 1 saturated heterocycles. The molecule has 2 aromatic rings. The van der Waals surface area contributed by atoms with Gasteiger partial charge in [-0.15, -0.1) is 11.3 Å². The molecule has 1 aromatic carbocycles. The minimum Gasteiger partial charge on any atom is -0.491 e. The van der Waals surface area contributed by atoms with Crippen molar-refractivity contribution < 1.29 is 19.1 Å².